The highest BCUT2D eigenvalue weighted by atomic mass is 32.2. The molecule has 0 aromatic heterocycles. The summed E-state index contributed by atoms with van der Waals surface area (Å²) in [7, 11) is -2.15. The van der Waals surface area contributed by atoms with Crippen LogP contribution in [-0.4, -0.2) is 40.7 Å². The van der Waals surface area contributed by atoms with E-state index in [4.69, 9.17) is 9.47 Å². The predicted molar refractivity (Wildman–Crippen MR) is 102 cm³/mol. The first kappa shape index (κ1) is 19.2. The van der Waals surface area contributed by atoms with Gasteiger partial charge in [-0.1, -0.05) is 0 Å². The maximum Gasteiger partial charge on any atom is 0.261 e. The zero-order valence-electron chi connectivity index (χ0n) is 15.0. The van der Waals surface area contributed by atoms with E-state index >= 15 is 0 Å². The lowest BCUT2D eigenvalue weighted by molar-refractivity contribution is 0.0951. The van der Waals surface area contributed by atoms with Crippen molar-refractivity contribution in [1.29, 1.82) is 0 Å². The largest absolute Gasteiger partial charge is 0.491 e. The lowest BCUT2D eigenvalue weighted by Gasteiger charge is -2.10. The summed E-state index contributed by atoms with van der Waals surface area (Å²) in [4.78, 5) is 12.1. The molecule has 8 heteroatoms. The van der Waals surface area contributed by atoms with Gasteiger partial charge >= 0.3 is 0 Å². The summed E-state index contributed by atoms with van der Waals surface area (Å²) in [5, 5.41) is 2.89. The van der Waals surface area contributed by atoms with E-state index < -0.39 is 10.0 Å². The van der Waals surface area contributed by atoms with Crippen molar-refractivity contribution < 1.29 is 22.7 Å². The summed E-state index contributed by atoms with van der Waals surface area (Å²) in [5.41, 5.74) is 0.890. The zero-order valence-corrected chi connectivity index (χ0v) is 15.8. The molecule has 1 aliphatic rings. The van der Waals surface area contributed by atoms with E-state index in [1.54, 1.807) is 43.5 Å². The molecule has 2 aromatic carbocycles. The Balaban J connectivity index is 1.62. The molecular weight excluding hydrogens is 368 g/mol. The molecule has 0 saturated heterocycles. The first-order valence-corrected chi connectivity index (χ1v) is 10.1. The molecule has 0 spiro atoms. The van der Waals surface area contributed by atoms with Gasteiger partial charge in [0.05, 0.1) is 11.5 Å². The zero-order chi connectivity index (χ0) is 19.3. The van der Waals surface area contributed by atoms with E-state index in [0.29, 0.717) is 30.2 Å². The van der Waals surface area contributed by atoms with E-state index in [0.717, 1.165) is 12.8 Å². The van der Waals surface area contributed by atoms with Crippen molar-refractivity contribution in [3.05, 3.63) is 54.1 Å². The molecular formula is C19H22N2O5S. The lowest BCUT2D eigenvalue weighted by atomic mass is 10.2. The van der Waals surface area contributed by atoms with Crippen LogP contribution in [0.25, 0.3) is 0 Å². The van der Waals surface area contributed by atoms with Crippen LogP contribution in [0.1, 0.15) is 23.2 Å². The molecule has 1 saturated carbocycles. The third-order valence-corrected chi connectivity index (χ3v) is 5.40. The minimum absolute atomic E-state index is 0.122. The Labute approximate surface area is 158 Å². The van der Waals surface area contributed by atoms with Crippen molar-refractivity contribution in [2.24, 2.45) is 0 Å². The number of benzene rings is 2. The normalized spacial score (nSPS) is 13.8. The number of nitrogens with one attached hydrogen (secondary N) is 2. The Morgan fingerprint density at radius 3 is 2.30 bits per heavy atom. The predicted octanol–water partition coefficient (Wildman–Crippen LogP) is 2.40. The van der Waals surface area contributed by atoms with Crippen LogP contribution in [-0.2, 0) is 14.8 Å². The molecule has 3 rings (SSSR count). The number of amides is 1. The van der Waals surface area contributed by atoms with Gasteiger partial charge in [0.15, 0.2) is 0 Å². The van der Waals surface area contributed by atoms with Crippen molar-refractivity contribution in [3.8, 4) is 5.75 Å². The van der Waals surface area contributed by atoms with Crippen molar-refractivity contribution >= 4 is 21.6 Å². The number of carbonyl (C=O) groups excluding carboxylic acids is 1. The fourth-order valence-electron chi connectivity index (χ4n) is 2.36. The van der Waals surface area contributed by atoms with Crippen LogP contribution in [0.15, 0.2) is 53.4 Å². The molecule has 0 atom stereocenters. The van der Waals surface area contributed by atoms with Gasteiger partial charge in [-0.2, -0.15) is 0 Å². The highest BCUT2D eigenvalue weighted by Crippen LogP contribution is 2.21. The molecule has 2 aromatic rings. The summed E-state index contributed by atoms with van der Waals surface area (Å²) in [6.07, 6.45) is 2.03. The maximum absolute atomic E-state index is 12.5. The van der Waals surface area contributed by atoms with Gasteiger partial charge in [-0.15, -0.1) is 0 Å². The van der Waals surface area contributed by atoms with Crippen LogP contribution >= 0.6 is 0 Å². The Morgan fingerprint density at radius 1 is 1.04 bits per heavy atom. The Kier molecular flexibility index (Phi) is 5.98. The lowest BCUT2D eigenvalue weighted by Crippen LogP contribution is -2.25. The molecule has 0 bridgehead atoms. The summed E-state index contributed by atoms with van der Waals surface area (Å²) in [5.74, 6) is 0.424. The molecule has 0 unspecified atom stereocenters. The highest BCUT2D eigenvalue weighted by Gasteiger charge is 2.23. The van der Waals surface area contributed by atoms with Crippen LogP contribution in [0.3, 0.4) is 0 Å². The van der Waals surface area contributed by atoms with Crippen molar-refractivity contribution in [3.63, 3.8) is 0 Å². The van der Waals surface area contributed by atoms with Crippen molar-refractivity contribution in [2.45, 2.75) is 23.8 Å². The summed E-state index contributed by atoms with van der Waals surface area (Å²) in [6.45, 7) is 0.845. The standard InChI is InChI=1S/C19H22N2O5S/c1-25-12-13-26-17-8-10-18(11-9-17)27(23,24)21-16-4-2-14(3-5-16)19(22)20-15-6-7-15/h2-5,8-11,15,21H,6-7,12-13H2,1H3,(H,20,22). The van der Waals surface area contributed by atoms with Gasteiger partial charge in [0.25, 0.3) is 15.9 Å². The molecule has 7 nitrogen and oxygen atoms in total. The van der Waals surface area contributed by atoms with E-state index in [1.165, 1.54) is 12.1 Å². The van der Waals surface area contributed by atoms with Gasteiger partial charge in [-0.25, -0.2) is 8.42 Å². The van der Waals surface area contributed by atoms with Gasteiger partial charge in [0.1, 0.15) is 12.4 Å². The van der Waals surface area contributed by atoms with Crippen molar-refractivity contribution in [2.75, 3.05) is 25.0 Å². The van der Waals surface area contributed by atoms with Crippen LogP contribution in [0.2, 0.25) is 0 Å². The van der Waals surface area contributed by atoms with Crippen LogP contribution < -0.4 is 14.8 Å². The molecule has 1 amide bonds. The summed E-state index contributed by atoms with van der Waals surface area (Å²) >= 11 is 0. The van der Waals surface area contributed by atoms with Crippen LogP contribution in [0.5, 0.6) is 5.75 Å². The van der Waals surface area contributed by atoms with Crippen LogP contribution in [0.4, 0.5) is 5.69 Å². The summed E-state index contributed by atoms with van der Waals surface area (Å²) in [6, 6.07) is 12.8. The monoisotopic (exact) mass is 390 g/mol. The molecule has 144 valence electrons. The second-order valence-electron chi connectivity index (χ2n) is 6.24. The first-order valence-electron chi connectivity index (χ1n) is 8.63. The van der Waals surface area contributed by atoms with Gasteiger partial charge in [0, 0.05) is 24.4 Å². The highest BCUT2D eigenvalue weighted by molar-refractivity contribution is 7.92. The second kappa shape index (κ2) is 8.41. The molecule has 1 aliphatic carbocycles. The molecule has 2 N–H and O–H groups in total. The quantitative estimate of drug-likeness (QED) is 0.642. The van der Waals surface area contributed by atoms with E-state index in [2.05, 4.69) is 10.0 Å². The number of ether oxygens (including phenoxy) is 2. The Bertz CT molecular complexity index is 875. The number of anilines is 1. The number of rotatable bonds is 9. The number of hydrogen-bond donors (Lipinski definition) is 2. The van der Waals surface area contributed by atoms with E-state index in [1.807, 2.05) is 0 Å². The van der Waals surface area contributed by atoms with Crippen molar-refractivity contribution in [1.82, 2.24) is 5.32 Å². The average molecular weight is 390 g/mol. The minimum Gasteiger partial charge on any atom is -0.491 e. The number of hydrogen-bond acceptors (Lipinski definition) is 5. The van der Waals surface area contributed by atoms with Gasteiger partial charge in [0.2, 0.25) is 0 Å². The smallest absolute Gasteiger partial charge is 0.261 e. The maximum atomic E-state index is 12.5. The minimum atomic E-state index is -3.73. The fraction of sp³-hybridized carbons (Fsp3) is 0.316. The second-order valence-corrected chi connectivity index (χ2v) is 7.93. The first-order chi connectivity index (χ1) is 13.0. The Morgan fingerprint density at radius 2 is 1.70 bits per heavy atom. The molecule has 0 radical (unpaired) electrons. The SMILES string of the molecule is COCCOc1ccc(S(=O)(=O)Nc2ccc(C(=O)NC3CC3)cc2)cc1. The molecule has 27 heavy (non-hydrogen) atoms. The molecule has 0 aliphatic heterocycles. The fourth-order valence-corrected chi connectivity index (χ4v) is 3.42. The van der Waals surface area contributed by atoms with E-state index in [-0.39, 0.29) is 16.8 Å². The van der Waals surface area contributed by atoms with Gasteiger partial charge < -0.3 is 14.8 Å². The number of methoxy groups -OCH3 is 1. The van der Waals surface area contributed by atoms with Gasteiger partial charge in [-0.3, -0.25) is 9.52 Å². The average Bonchev–Trinajstić information content (AvgIpc) is 3.47. The number of sulfonamides is 1. The Hall–Kier alpha value is -2.58. The molecule has 1 fully saturated rings. The molecule has 0 heterocycles. The third-order valence-electron chi connectivity index (χ3n) is 4.00. The van der Waals surface area contributed by atoms with Crippen LogP contribution in [0, 0.1) is 0 Å². The van der Waals surface area contributed by atoms with Gasteiger partial charge in [-0.05, 0) is 61.4 Å². The van der Waals surface area contributed by atoms with E-state index in [9.17, 15) is 13.2 Å². The summed E-state index contributed by atoms with van der Waals surface area (Å²) < 4.78 is 37.8. The topological polar surface area (TPSA) is 93.7 Å². The third kappa shape index (κ3) is 5.45. The number of carbonyl (C=O) groups is 1.